The first-order valence-electron chi connectivity index (χ1n) is 11.7. The lowest BCUT2D eigenvalue weighted by molar-refractivity contribution is 0.0708. The fourth-order valence-corrected chi connectivity index (χ4v) is 4.55. The third-order valence-electron chi connectivity index (χ3n) is 6.65. The molecule has 174 valence electrons. The van der Waals surface area contributed by atoms with E-state index in [0.29, 0.717) is 34.7 Å². The van der Waals surface area contributed by atoms with E-state index in [2.05, 4.69) is 44.7 Å². The number of methoxy groups -OCH3 is 1. The van der Waals surface area contributed by atoms with Crippen molar-refractivity contribution < 1.29 is 13.9 Å². The van der Waals surface area contributed by atoms with E-state index in [-0.39, 0.29) is 17.1 Å². The van der Waals surface area contributed by atoms with Crippen LogP contribution in [0.4, 0.5) is 0 Å². The first kappa shape index (κ1) is 23.1. The number of carbonyl (C=O) groups excluding carboxylic acids is 1. The third-order valence-corrected chi connectivity index (χ3v) is 6.65. The number of rotatable bonds is 8. The normalized spacial score (nSPS) is 15.7. The summed E-state index contributed by atoms with van der Waals surface area (Å²) in [6, 6.07) is 12.9. The Morgan fingerprint density at radius 3 is 2.36 bits per heavy atom. The minimum Gasteiger partial charge on any atom is -0.497 e. The zero-order valence-electron chi connectivity index (χ0n) is 20.1. The van der Waals surface area contributed by atoms with Crippen LogP contribution in [-0.2, 0) is 0 Å². The third kappa shape index (κ3) is 4.15. The molecule has 33 heavy (non-hydrogen) atoms. The molecule has 0 aliphatic carbocycles. The second kappa shape index (κ2) is 9.40. The molecule has 6 heteroatoms. The molecule has 0 fully saturated rings. The fraction of sp³-hybridized carbons (Fsp3) is 0.407. The first-order valence-corrected chi connectivity index (χ1v) is 11.7. The van der Waals surface area contributed by atoms with Gasteiger partial charge < -0.3 is 19.0 Å². The van der Waals surface area contributed by atoms with Gasteiger partial charge in [0.05, 0.1) is 24.1 Å². The lowest BCUT2D eigenvalue weighted by atomic mass is 9.95. The van der Waals surface area contributed by atoms with E-state index in [1.54, 1.807) is 30.2 Å². The molecule has 6 nitrogen and oxygen atoms in total. The molecule has 1 amide bonds. The van der Waals surface area contributed by atoms with Crippen molar-refractivity contribution in [2.24, 2.45) is 0 Å². The maximum absolute atomic E-state index is 13.6. The van der Waals surface area contributed by atoms with Crippen LogP contribution in [0.3, 0.4) is 0 Å². The monoisotopic (exact) mass is 448 g/mol. The van der Waals surface area contributed by atoms with Gasteiger partial charge in [-0.1, -0.05) is 52.0 Å². The predicted molar refractivity (Wildman–Crippen MR) is 130 cm³/mol. The molecule has 4 rings (SSSR count). The van der Waals surface area contributed by atoms with Crippen molar-refractivity contribution in [3.63, 3.8) is 0 Å². The Bertz CT molecular complexity index is 1210. The highest BCUT2D eigenvalue weighted by Gasteiger charge is 2.42. The highest BCUT2D eigenvalue weighted by Crippen LogP contribution is 2.38. The van der Waals surface area contributed by atoms with Gasteiger partial charge in [0.15, 0.2) is 5.43 Å². The zero-order chi connectivity index (χ0) is 23.7. The fourth-order valence-electron chi connectivity index (χ4n) is 4.55. The number of ether oxygens (including phenoxy) is 1. The maximum Gasteiger partial charge on any atom is 0.290 e. The van der Waals surface area contributed by atoms with Gasteiger partial charge >= 0.3 is 0 Å². The Hall–Kier alpha value is -3.12. The summed E-state index contributed by atoms with van der Waals surface area (Å²) in [4.78, 5) is 31.2. The number of benzene rings is 2. The van der Waals surface area contributed by atoms with E-state index in [1.807, 2.05) is 12.1 Å². The van der Waals surface area contributed by atoms with Crippen LogP contribution < -0.4 is 10.2 Å². The predicted octanol–water partition coefficient (Wildman–Crippen LogP) is 4.81. The smallest absolute Gasteiger partial charge is 0.290 e. The van der Waals surface area contributed by atoms with Crippen LogP contribution in [0.15, 0.2) is 51.7 Å². The zero-order valence-corrected chi connectivity index (χ0v) is 20.1. The molecular formula is C27H32N2O4. The van der Waals surface area contributed by atoms with Crippen LogP contribution in [-0.4, -0.2) is 49.0 Å². The summed E-state index contributed by atoms with van der Waals surface area (Å²) in [6.45, 7) is 11.6. The molecule has 0 radical (unpaired) electrons. The summed E-state index contributed by atoms with van der Waals surface area (Å²) in [5, 5.41) is 0.455. The number of fused-ring (bicyclic) bond motifs is 2. The number of nitrogens with zero attached hydrogens (tertiary/aromatic N) is 2. The van der Waals surface area contributed by atoms with Gasteiger partial charge in [-0.25, -0.2) is 0 Å². The number of hydrogen-bond acceptors (Lipinski definition) is 5. The summed E-state index contributed by atoms with van der Waals surface area (Å²) < 4.78 is 11.3. The average molecular weight is 449 g/mol. The van der Waals surface area contributed by atoms with Crippen LogP contribution in [0.1, 0.15) is 66.9 Å². The van der Waals surface area contributed by atoms with E-state index in [0.717, 1.165) is 25.2 Å². The second-order valence-corrected chi connectivity index (χ2v) is 8.79. The van der Waals surface area contributed by atoms with Crippen LogP contribution in [0, 0.1) is 0 Å². The molecular weight excluding hydrogens is 416 g/mol. The van der Waals surface area contributed by atoms with Crippen LogP contribution in [0.25, 0.3) is 11.0 Å². The van der Waals surface area contributed by atoms with Gasteiger partial charge in [-0.05, 0) is 42.3 Å². The molecule has 0 bridgehead atoms. The Labute approximate surface area is 194 Å². The summed E-state index contributed by atoms with van der Waals surface area (Å²) >= 11 is 0. The number of carbonyl (C=O) groups is 1. The molecule has 1 aliphatic heterocycles. The molecule has 0 unspecified atom stereocenters. The van der Waals surface area contributed by atoms with Gasteiger partial charge in [0.25, 0.3) is 5.91 Å². The summed E-state index contributed by atoms with van der Waals surface area (Å²) in [7, 11) is 1.56. The minimum absolute atomic E-state index is 0.137. The summed E-state index contributed by atoms with van der Waals surface area (Å²) in [5.41, 5.74) is 2.77. The first-order chi connectivity index (χ1) is 15.9. The van der Waals surface area contributed by atoms with E-state index in [1.165, 1.54) is 5.56 Å². The average Bonchev–Trinajstić information content (AvgIpc) is 3.11. The lowest BCUT2D eigenvalue weighted by Crippen LogP contribution is -2.37. The summed E-state index contributed by atoms with van der Waals surface area (Å²) in [6.07, 6.45) is 0. The Morgan fingerprint density at radius 2 is 1.76 bits per heavy atom. The van der Waals surface area contributed by atoms with Gasteiger partial charge in [-0.2, -0.15) is 0 Å². The van der Waals surface area contributed by atoms with Gasteiger partial charge in [0.1, 0.15) is 11.3 Å². The molecule has 2 aromatic carbocycles. The number of hydrogen-bond donors (Lipinski definition) is 0. The SMILES string of the molecule is CCN(CC)CCN1C(=O)c2oc3cc(OC)ccc3c(=O)c2[C@H]1c1ccc(C(C)C)cc1. The van der Waals surface area contributed by atoms with Crippen LogP contribution >= 0.6 is 0 Å². The number of amides is 1. The molecule has 1 atom stereocenters. The Balaban J connectivity index is 1.85. The molecule has 2 heterocycles. The van der Waals surface area contributed by atoms with Crippen molar-refractivity contribution in [2.75, 3.05) is 33.3 Å². The topological polar surface area (TPSA) is 63.0 Å². The maximum atomic E-state index is 13.6. The lowest BCUT2D eigenvalue weighted by Gasteiger charge is -2.28. The van der Waals surface area contributed by atoms with Gasteiger partial charge in [-0.15, -0.1) is 0 Å². The van der Waals surface area contributed by atoms with Gasteiger partial charge in [0.2, 0.25) is 5.76 Å². The van der Waals surface area contributed by atoms with E-state index < -0.39 is 6.04 Å². The molecule has 0 N–H and O–H groups in total. The molecule has 1 aliphatic rings. The Kier molecular flexibility index (Phi) is 6.56. The Morgan fingerprint density at radius 1 is 1.06 bits per heavy atom. The largest absolute Gasteiger partial charge is 0.497 e. The second-order valence-electron chi connectivity index (χ2n) is 8.79. The van der Waals surface area contributed by atoms with Crippen molar-refractivity contribution in [2.45, 2.75) is 39.7 Å². The van der Waals surface area contributed by atoms with Crippen molar-refractivity contribution in [3.05, 3.63) is 75.1 Å². The molecule has 0 spiro atoms. The van der Waals surface area contributed by atoms with Crippen LogP contribution in [0.2, 0.25) is 0 Å². The van der Waals surface area contributed by atoms with Crippen molar-refractivity contribution in [1.29, 1.82) is 0 Å². The quantitative estimate of drug-likeness (QED) is 0.495. The highest BCUT2D eigenvalue weighted by atomic mass is 16.5. The molecule has 0 saturated carbocycles. The van der Waals surface area contributed by atoms with Crippen molar-refractivity contribution in [1.82, 2.24) is 9.80 Å². The van der Waals surface area contributed by atoms with E-state index >= 15 is 0 Å². The van der Waals surface area contributed by atoms with Gasteiger partial charge in [-0.3, -0.25) is 9.59 Å². The molecule has 3 aromatic rings. The van der Waals surface area contributed by atoms with Gasteiger partial charge in [0, 0.05) is 19.2 Å². The van der Waals surface area contributed by atoms with E-state index in [4.69, 9.17) is 9.15 Å². The minimum atomic E-state index is -0.466. The summed E-state index contributed by atoms with van der Waals surface area (Å²) in [5.74, 6) is 0.879. The van der Waals surface area contributed by atoms with Crippen molar-refractivity contribution in [3.8, 4) is 5.75 Å². The van der Waals surface area contributed by atoms with Crippen molar-refractivity contribution >= 4 is 16.9 Å². The van der Waals surface area contributed by atoms with E-state index in [9.17, 15) is 9.59 Å². The molecule has 1 aromatic heterocycles. The number of likely N-dealkylation sites (N-methyl/N-ethyl adjacent to an activating group) is 1. The highest BCUT2D eigenvalue weighted by molar-refractivity contribution is 5.99. The van der Waals surface area contributed by atoms with Crippen LogP contribution in [0.5, 0.6) is 5.75 Å². The molecule has 0 saturated heterocycles. The standard InChI is InChI=1S/C27H32N2O4/c1-6-28(7-2)14-15-29-24(19-10-8-18(9-11-19)17(3)4)23-25(30)21-13-12-20(32-5)16-22(21)33-26(23)27(29)31/h8-13,16-17,24H,6-7,14-15H2,1-5H3/t24-/m1/s1.